The number of piperidine rings is 1. The van der Waals surface area contributed by atoms with Crippen molar-refractivity contribution in [1.82, 2.24) is 4.90 Å². The van der Waals surface area contributed by atoms with Gasteiger partial charge in [-0.1, -0.05) is 32.4 Å². The van der Waals surface area contributed by atoms with E-state index >= 15 is 0 Å². The molecule has 0 amide bonds. The Hall–Kier alpha value is -1.11. The smallest absolute Gasteiger partial charge is 0.189 e. The lowest BCUT2D eigenvalue weighted by Gasteiger charge is -2.37. The predicted molar refractivity (Wildman–Crippen MR) is 108 cm³/mol. The number of phenols is 1. The molecule has 1 saturated heterocycles. The van der Waals surface area contributed by atoms with E-state index in [0.29, 0.717) is 25.9 Å². The highest BCUT2D eigenvalue weighted by molar-refractivity contribution is 7.93. The Morgan fingerprint density at radius 3 is 2.31 bits per heavy atom. The lowest BCUT2D eigenvalue weighted by Crippen LogP contribution is -2.46. The lowest BCUT2D eigenvalue weighted by atomic mass is 9.91. The number of aromatic hydroxyl groups is 1. The van der Waals surface area contributed by atoms with Gasteiger partial charge in [-0.15, -0.1) is 0 Å². The number of hydrogen-bond acceptors (Lipinski definition) is 5. The molecule has 146 valence electrons. The Balaban J connectivity index is 2.58. The Kier molecular flexibility index (Phi) is 5.81. The molecule has 0 radical (unpaired) electrons. The van der Waals surface area contributed by atoms with Crippen LogP contribution in [0.3, 0.4) is 0 Å². The molecule has 0 atom stereocenters. The SMILES string of the molecule is CC(=Nc1ccc(Cl)c(S(=O)(=O)C2(C)CCN(C)CC2)c1O)C(C)(C)C. The Labute approximate surface area is 162 Å². The second-order valence-electron chi connectivity index (χ2n) is 8.45. The fourth-order valence-corrected chi connectivity index (χ4v) is 5.19. The van der Waals surface area contributed by atoms with Crippen LogP contribution in [-0.2, 0) is 9.84 Å². The molecule has 1 aliphatic heterocycles. The van der Waals surface area contributed by atoms with Gasteiger partial charge in [0.15, 0.2) is 15.6 Å². The largest absolute Gasteiger partial charge is 0.504 e. The van der Waals surface area contributed by atoms with Gasteiger partial charge >= 0.3 is 0 Å². The number of aliphatic imine (C=N–C) groups is 1. The van der Waals surface area contributed by atoms with Crippen molar-refractivity contribution < 1.29 is 13.5 Å². The summed E-state index contributed by atoms with van der Waals surface area (Å²) in [6.45, 7) is 11.0. The molecule has 0 aromatic heterocycles. The van der Waals surface area contributed by atoms with Gasteiger partial charge in [-0.05, 0) is 64.4 Å². The van der Waals surface area contributed by atoms with E-state index in [-0.39, 0.29) is 26.8 Å². The summed E-state index contributed by atoms with van der Waals surface area (Å²) in [7, 11) is -1.84. The fourth-order valence-electron chi connectivity index (χ4n) is 2.84. The van der Waals surface area contributed by atoms with Gasteiger partial charge in [0.05, 0.1) is 9.77 Å². The Bertz CT molecular complexity index is 818. The number of phenolic OH excluding ortho intramolecular Hbond substituents is 1. The molecule has 0 spiro atoms. The van der Waals surface area contributed by atoms with Crippen LogP contribution in [0, 0.1) is 5.41 Å². The van der Waals surface area contributed by atoms with Crippen molar-refractivity contribution >= 4 is 32.8 Å². The summed E-state index contributed by atoms with van der Waals surface area (Å²) in [6.07, 6.45) is 0.992. The quantitative estimate of drug-likeness (QED) is 0.761. The summed E-state index contributed by atoms with van der Waals surface area (Å²) in [4.78, 5) is 6.36. The first-order valence-electron chi connectivity index (χ1n) is 8.80. The van der Waals surface area contributed by atoms with Gasteiger partial charge in [0.2, 0.25) is 0 Å². The third-order valence-electron chi connectivity index (χ3n) is 5.40. The van der Waals surface area contributed by atoms with Crippen LogP contribution in [-0.4, -0.2) is 49.0 Å². The first-order chi connectivity index (χ1) is 11.8. The molecule has 1 N–H and O–H groups in total. The topological polar surface area (TPSA) is 70.0 Å². The maximum Gasteiger partial charge on any atom is 0.189 e. The summed E-state index contributed by atoms with van der Waals surface area (Å²) in [5.41, 5.74) is 0.839. The molecule has 5 nitrogen and oxygen atoms in total. The van der Waals surface area contributed by atoms with Crippen molar-refractivity contribution in [3.05, 3.63) is 17.2 Å². The molecular formula is C19H29ClN2O3S. The van der Waals surface area contributed by atoms with Gasteiger partial charge in [0.25, 0.3) is 0 Å². The van der Waals surface area contributed by atoms with Crippen LogP contribution in [0.1, 0.15) is 47.5 Å². The minimum absolute atomic E-state index is 0.0371. The van der Waals surface area contributed by atoms with Gasteiger partial charge in [-0.2, -0.15) is 0 Å². The number of benzene rings is 1. The summed E-state index contributed by atoms with van der Waals surface area (Å²) in [5.74, 6) is -0.360. The van der Waals surface area contributed by atoms with E-state index in [1.807, 2.05) is 34.7 Å². The highest BCUT2D eigenvalue weighted by atomic mass is 35.5. The molecule has 1 aromatic carbocycles. The van der Waals surface area contributed by atoms with E-state index in [0.717, 1.165) is 5.71 Å². The van der Waals surface area contributed by atoms with Crippen molar-refractivity contribution in [2.75, 3.05) is 20.1 Å². The average molecular weight is 401 g/mol. The van der Waals surface area contributed by atoms with Crippen LogP contribution in [0.5, 0.6) is 5.75 Å². The van der Waals surface area contributed by atoms with Crippen molar-refractivity contribution in [2.24, 2.45) is 10.4 Å². The van der Waals surface area contributed by atoms with Gasteiger partial charge in [0.1, 0.15) is 10.6 Å². The summed E-state index contributed by atoms with van der Waals surface area (Å²) < 4.78 is 25.8. The molecule has 1 aliphatic rings. The van der Waals surface area contributed by atoms with Crippen LogP contribution in [0.2, 0.25) is 5.02 Å². The van der Waals surface area contributed by atoms with Crippen molar-refractivity contribution in [3.63, 3.8) is 0 Å². The lowest BCUT2D eigenvalue weighted by molar-refractivity contribution is 0.240. The third kappa shape index (κ3) is 3.92. The van der Waals surface area contributed by atoms with E-state index in [1.54, 1.807) is 13.0 Å². The summed E-state index contributed by atoms with van der Waals surface area (Å²) in [5, 5.41) is 10.8. The van der Waals surface area contributed by atoms with Gasteiger partial charge < -0.3 is 10.0 Å². The number of sulfone groups is 1. The van der Waals surface area contributed by atoms with E-state index in [4.69, 9.17) is 11.6 Å². The van der Waals surface area contributed by atoms with E-state index in [1.165, 1.54) is 6.07 Å². The molecule has 7 heteroatoms. The molecule has 1 fully saturated rings. The standard InChI is InChI=1S/C19H29ClN2O3S/c1-13(18(2,3)4)21-15-8-7-14(20)17(16(15)23)26(24,25)19(5)9-11-22(6)12-10-19/h7-8,23H,9-12H2,1-6H3. The second-order valence-corrected chi connectivity index (χ2v) is 11.3. The number of halogens is 1. The Morgan fingerprint density at radius 2 is 1.81 bits per heavy atom. The molecule has 2 rings (SSSR count). The van der Waals surface area contributed by atoms with Crippen LogP contribution in [0.4, 0.5) is 5.69 Å². The van der Waals surface area contributed by atoms with Crippen molar-refractivity contribution in [2.45, 2.75) is 57.1 Å². The molecule has 1 heterocycles. The molecule has 0 saturated carbocycles. The highest BCUT2D eigenvalue weighted by Crippen LogP contribution is 2.45. The number of nitrogens with zero attached hydrogens (tertiary/aromatic N) is 2. The highest BCUT2D eigenvalue weighted by Gasteiger charge is 2.44. The molecule has 0 unspecified atom stereocenters. The maximum absolute atomic E-state index is 13.4. The zero-order valence-corrected chi connectivity index (χ0v) is 18.0. The maximum atomic E-state index is 13.4. The van der Waals surface area contributed by atoms with Gasteiger partial charge in [-0.25, -0.2) is 8.42 Å². The number of likely N-dealkylation sites (tertiary alicyclic amines) is 1. The first kappa shape index (κ1) is 21.2. The second kappa shape index (κ2) is 7.13. The summed E-state index contributed by atoms with van der Waals surface area (Å²) in [6, 6.07) is 3.06. The van der Waals surface area contributed by atoms with Gasteiger partial charge in [-0.3, -0.25) is 4.99 Å². The number of hydrogen-bond donors (Lipinski definition) is 1. The van der Waals surface area contributed by atoms with Crippen LogP contribution >= 0.6 is 11.6 Å². The van der Waals surface area contributed by atoms with Crippen LogP contribution in [0.25, 0.3) is 0 Å². The van der Waals surface area contributed by atoms with Crippen molar-refractivity contribution in [3.8, 4) is 5.75 Å². The monoisotopic (exact) mass is 400 g/mol. The van der Waals surface area contributed by atoms with Crippen molar-refractivity contribution in [1.29, 1.82) is 0 Å². The van der Waals surface area contributed by atoms with Gasteiger partial charge in [0, 0.05) is 5.71 Å². The minimum atomic E-state index is -3.82. The summed E-state index contributed by atoms with van der Waals surface area (Å²) >= 11 is 6.22. The minimum Gasteiger partial charge on any atom is -0.504 e. The van der Waals surface area contributed by atoms with Crippen LogP contribution in [0.15, 0.2) is 22.0 Å². The van der Waals surface area contributed by atoms with E-state index in [2.05, 4.69) is 9.89 Å². The zero-order chi connectivity index (χ0) is 19.9. The predicted octanol–water partition coefficient (Wildman–Crippen LogP) is 4.44. The van der Waals surface area contributed by atoms with E-state index < -0.39 is 14.6 Å². The average Bonchev–Trinajstić information content (AvgIpc) is 2.51. The normalized spacial score (nSPS) is 19.6. The molecule has 26 heavy (non-hydrogen) atoms. The molecule has 1 aromatic rings. The van der Waals surface area contributed by atoms with E-state index in [9.17, 15) is 13.5 Å². The first-order valence-corrected chi connectivity index (χ1v) is 10.7. The molecule has 0 bridgehead atoms. The number of rotatable bonds is 3. The fraction of sp³-hybridized carbons (Fsp3) is 0.632. The third-order valence-corrected chi connectivity index (χ3v) is 8.48. The molecule has 0 aliphatic carbocycles. The molecular weight excluding hydrogens is 372 g/mol. The zero-order valence-electron chi connectivity index (χ0n) is 16.4. The van der Waals surface area contributed by atoms with Crippen LogP contribution < -0.4 is 0 Å². The Morgan fingerprint density at radius 1 is 1.27 bits per heavy atom.